The van der Waals surface area contributed by atoms with Crippen LogP contribution in [0.25, 0.3) is 0 Å². The van der Waals surface area contributed by atoms with E-state index in [2.05, 4.69) is 11.1 Å². The van der Waals surface area contributed by atoms with E-state index in [9.17, 15) is 4.79 Å². The lowest BCUT2D eigenvalue weighted by Crippen LogP contribution is -2.09. The Balaban J connectivity index is 2.04. The normalized spacial score (nSPS) is 14.0. The van der Waals surface area contributed by atoms with Crippen molar-refractivity contribution >= 4 is 5.78 Å². The van der Waals surface area contributed by atoms with Crippen LogP contribution in [0.1, 0.15) is 41.8 Å². The second kappa shape index (κ2) is 5.79. The number of hydrogen-bond acceptors (Lipinski definition) is 4. The van der Waals surface area contributed by atoms with Gasteiger partial charge in [-0.1, -0.05) is 12.1 Å². The van der Waals surface area contributed by atoms with Crippen molar-refractivity contribution in [3.63, 3.8) is 0 Å². The SMILES string of the molecule is CC(=O)C[C@@H](c1ccc2c(c1)OCO2)c1ccc(C)nc1C. The van der Waals surface area contributed by atoms with E-state index in [-0.39, 0.29) is 18.5 Å². The summed E-state index contributed by atoms with van der Waals surface area (Å²) < 4.78 is 10.8. The largest absolute Gasteiger partial charge is 0.454 e. The maximum atomic E-state index is 11.7. The van der Waals surface area contributed by atoms with Crippen molar-refractivity contribution in [2.24, 2.45) is 0 Å². The number of benzene rings is 1. The second-order valence-electron chi connectivity index (χ2n) is 5.70. The molecule has 1 atom stereocenters. The number of fused-ring (bicyclic) bond motifs is 1. The van der Waals surface area contributed by atoms with Gasteiger partial charge in [-0.2, -0.15) is 0 Å². The first-order valence-corrected chi connectivity index (χ1v) is 7.37. The summed E-state index contributed by atoms with van der Waals surface area (Å²) in [5.41, 5.74) is 4.07. The predicted molar refractivity (Wildman–Crippen MR) is 83.4 cm³/mol. The summed E-state index contributed by atoms with van der Waals surface area (Å²) in [5, 5.41) is 0. The number of ether oxygens (including phenoxy) is 2. The molecule has 0 saturated carbocycles. The van der Waals surface area contributed by atoms with Crippen molar-refractivity contribution in [1.82, 2.24) is 4.98 Å². The summed E-state index contributed by atoms with van der Waals surface area (Å²) in [6, 6.07) is 9.93. The minimum atomic E-state index is -0.0138. The van der Waals surface area contributed by atoms with Crippen molar-refractivity contribution in [3.8, 4) is 11.5 Å². The predicted octanol–water partition coefficient (Wildman–Crippen LogP) is 3.54. The van der Waals surface area contributed by atoms with Gasteiger partial charge in [0.2, 0.25) is 6.79 Å². The molecule has 4 nitrogen and oxygen atoms in total. The van der Waals surface area contributed by atoms with Crippen LogP contribution in [0.15, 0.2) is 30.3 Å². The molecule has 2 heterocycles. The van der Waals surface area contributed by atoms with Crippen LogP contribution in [0.4, 0.5) is 0 Å². The molecule has 0 amide bonds. The molecule has 0 radical (unpaired) electrons. The van der Waals surface area contributed by atoms with Crippen LogP contribution in [0.3, 0.4) is 0 Å². The third-order valence-electron chi connectivity index (χ3n) is 3.93. The van der Waals surface area contributed by atoms with Crippen molar-refractivity contribution in [2.45, 2.75) is 33.1 Å². The molecule has 1 aliphatic heterocycles. The molecule has 0 bridgehead atoms. The lowest BCUT2D eigenvalue weighted by Gasteiger charge is -2.19. The highest BCUT2D eigenvalue weighted by atomic mass is 16.7. The van der Waals surface area contributed by atoms with E-state index < -0.39 is 0 Å². The van der Waals surface area contributed by atoms with Crippen molar-refractivity contribution < 1.29 is 14.3 Å². The zero-order chi connectivity index (χ0) is 15.7. The summed E-state index contributed by atoms with van der Waals surface area (Å²) in [6.45, 7) is 5.83. The van der Waals surface area contributed by atoms with E-state index in [1.165, 1.54) is 0 Å². The number of nitrogens with zero attached hydrogens (tertiary/aromatic N) is 1. The first-order valence-electron chi connectivity index (χ1n) is 7.37. The van der Waals surface area contributed by atoms with Gasteiger partial charge < -0.3 is 9.47 Å². The standard InChI is InChI=1S/C18H19NO3/c1-11-4-6-15(13(3)19-11)16(8-12(2)20)14-5-7-17-18(9-14)22-10-21-17/h4-7,9,16H,8,10H2,1-3H3/t16-/m0/s1. The molecule has 2 aromatic rings. The Kier molecular flexibility index (Phi) is 3.84. The number of aromatic nitrogens is 1. The Morgan fingerprint density at radius 3 is 2.68 bits per heavy atom. The van der Waals surface area contributed by atoms with Gasteiger partial charge in [-0.05, 0) is 50.1 Å². The zero-order valence-electron chi connectivity index (χ0n) is 13.1. The molecule has 1 aromatic heterocycles. The average Bonchev–Trinajstić information content (AvgIpc) is 2.92. The third-order valence-corrected chi connectivity index (χ3v) is 3.93. The molecule has 0 saturated heterocycles. The number of carbonyl (C=O) groups excluding carboxylic acids is 1. The molecular weight excluding hydrogens is 278 g/mol. The van der Waals surface area contributed by atoms with Crippen LogP contribution in [0, 0.1) is 13.8 Å². The van der Waals surface area contributed by atoms with Gasteiger partial charge in [0.15, 0.2) is 11.5 Å². The molecule has 114 valence electrons. The average molecular weight is 297 g/mol. The lowest BCUT2D eigenvalue weighted by molar-refractivity contribution is -0.117. The maximum Gasteiger partial charge on any atom is 0.231 e. The minimum Gasteiger partial charge on any atom is -0.454 e. The molecule has 3 rings (SSSR count). The van der Waals surface area contributed by atoms with E-state index in [1.54, 1.807) is 6.92 Å². The van der Waals surface area contributed by atoms with Gasteiger partial charge in [0.25, 0.3) is 0 Å². The summed E-state index contributed by atoms with van der Waals surface area (Å²) in [6.07, 6.45) is 0.450. The molecule has 4 heteroatoms. The van der Waals surface area contributed by atoms with Crippen LogP contribution < -0.4 is 9.47 Å². The molecule has 22 heavy (non-hydrogen) atoms. The summed E-state index contributed by atoms with van der Waals surface area (Å²) in [5.74, 6) is 1.63. The molecule has 0 N–H and O–H groups in total. The van der Waals surface area contributed by atoms with Crippen LogP contribution in [0.2, 0.25) is 0 Å². The number of hydrogen-bond donors (Lipinski definition) is 0. The highest BCUT2D eigenvalue weighted by molar-refractivity contribution is 5.77. The van der Waals surface area contributed by atoms with Crippen LogP contribution in [-0.4, -0.2) is 17.6 Å². The minimum absolute atomic E-state index is 0.0138. The number of Topliss-reactive ketones (excluding diaryl/α,β-unsaturated/α-hetero) is 1. The van der Waals surface area contributed by atoms with Gasteiger partial charge in [0, 0.05) is 23.7 Å². The molecular formula is C18H19NO3. The topological polar surface area (TPSA) is 48.4 Å². The van der Waals surface area contributed by atoms with E-state index in [0.717, 1.165) is 34.0 Å². The smallest absolute Gasteiger partial charge is 0.231 e. The Hall–Kier alpha value is -2.36. The van der Waals surface area contributed by atoms with E-state index in [0.29, 0.717) is 6.42 Å². The lowest BCUT2D eigenvalue weighted by atomic mass is 9.86. The van der Waals surface area contributed by atoms with Gasteiger partial charge in [-0.25, -0.2) is 0 Å². The highest BCUT2D eigenvalue weighted by Crippen LogP contribution is 2.38. The summed E-state index contributed by atoms with van der Waals surface area (Å²) >= 11 is 0. The Morgan fingerprint density at radius 1 is 1.18 bits per heavy atom. The first-order chi connectivity index (χ1) is 10.5. The third kappa shape index (κ3) is 2.82. The van der Waals surface area contributed by atoms with Crippen molar-refractivity contribution in [3.05, 3.63) is 52.8 Å². The fraction of sp³-hybridized carbons (Fsp3) is 0.333. The van der Waals surface area contributed by atoms with Gasteiger partial charge in [-0.15, -0.1) is 0 Å². The monoisotopic (exact) mass is 297 g/mol. The maximum absolute atomic E-state index is 11.7. The van der Waals surface area contributed by atoms with Crippen molar-refractivity contribution in [1.29, 1.82) is 0 Å². The number of rotatable bonds is 4. The molecule has 0 unspecified atom stereocenters. The Morgan fingerprint density at radius 2 is 1.95 bits per heavy atom. The second-order valence-corrected chi connectivity index (χ2v) is 5.70. The number of pyridine rings is 1. The van der Waals surface area contributed by atoms with E-state index in [1.807, 2.05) is 38.1 Å². The quantitative estimate of drug-likeness (QED) is 0.866. The number of carbonyl (C=O) groups is 1. The fourth-order valence-electron chi connectivity index (χ4n) is 2.89. The molecule has 0 fully saturated rings. The van der Waals surface area contributed by atoms with Crippen LogP contribution in [0.5, 0.6) is 11.5 Å². The zero-order valence-corrected chi connectivity index (χ0v) is 13.1. The van der Waals surface area contributed by atoms with E-state index >= 15 is 0 Å². The Bertz CT molecular complexity index is 724. The number of aryl methyl sites for hydroxylation is 2. The van der Waals surface area contributed by atoms with Crippen molar-refractivity contribution in [2.75, 3.05) is 6.79 Å². The first kappa shape index (κ1) is 14.6. The van der Waals surface area contributed by atoms with Crippen LogP contribution >= 0.6 is 0 Å². The Labute approximate surface area is 130 Å². The summed E-state index contributed by atoms with van der Waals surface area (Å²) in [7, 11) is 0. The molecule has 1 aromatic carbocycles. The van der Waals surface area contributed by atoms with Gasteiger partial charge in [0.1, 0.15) is 5.78 Å². The molecule has 0 spiro atoms. The van der Waals surface area contributed by atoms with Gasteiger partial charge in [-0.3, -0.25) is 9.78 Å². The summed E-state index contributed by atoms with van der Waals surface area (Å²) in [4.78, 5) is 16.3. The van der Waals surface area contributed by atoms with Crippen LogP contribution in [-0.2, 0) is 4.79 Å². The van der Waals surface area contributed by atoms with E-state index in [4.69, 9.17) is 9.47 Å². The van der Waals surface area contributed by atoms with Gasteiger partial charge >= 0.3 is 0 Å². The number of ketones is 1. The molecule has 0 aliphatic carbocycles. The van der Waals surface area contributed by atoms with Gasteiger partial charge in [0.05, 0.1) is 0 Å². The fourth-order valence-corrected chi connectivity index (χ4v) is 2.89. The molecule has 1 aliphatic rings. The highest BCUT2D eigenvalue weighted by Gasteiger charge is 2.22.